The second-order valence-electron chi connectivity index (χ2n) is 8.21. The number of aryl methyl sites for hydroxylation is 1. The van der Waals surface area contributed by atoms with Gasteiger partial charge in [-0.2, -0.15) is 0 Å². The van der Waals surface area contributed by atoms with Gasteiger partial charge in [0.25, 0.3) is 0 Å². The first-order valence-electron chi connectivity index (χ1n) is 10.2. The Kier molecular flexibility index (Phi) is 6.59. The summed E-state index contributed by atoms with van der Waals surface area (Å²) in [5, 5.41) is 17.9. The molecule has 2 aliphatic rings. The van der Waals surface area contributed by atoms with E-state index in [0.717, 1.165) is 31.1 Å². The molecule has 1 aliphatic carbocycles. The second kappa shape index (κ2) is 9.15. The Hall–Kier alpha value is -3.10. The number of carboxylic acids is 2. The number of carboxylic acid groups (broad SMARTS) is 2. The molecule has 0 radical (unpaired) electrons. The van der Waals surface area contributed by atoms with Crippen LogP contribution in [0.25, 0.3) is 0 Å². The standard InChI is InChI=1S/C23H23NO2.C2H4O2/c1-17-4-2-3-5-19(17)8-6-18-7-9-20-15-24(13-10-22(25)26)16-23(11-12-23)21(20)14-18;1-2(3)4/h2-5,7,9,14H,10-13,15-16H2,1H3,(H,25,26);1H3,(H,3,4). The highest BCUT2D eigenvalue weighted by Crippen LogP contribution is 2.49. The summed E-state index contributed by atoms with van der Waals surface area (Å²) in [7, 11) is 0. The van der Waals surface area contributed by atoms with Gasteiger partial charge in [0.15, 0.2) is 0 Å². The lowest BCUT2D eigenvalue weighted by atomic mass is 9.85. The fourth-order valence-electron chi connectivity index (χ4n) is 4.12. The first kappa shape index (κ1) is 21.6. The van der Waals surface area contributed by atoms with Gasteiger partial charge >= 0.3 is 5.97 Å². The van der Waals surface area contributed by atoms with Gasteiger partial charge < -0.3 is 19.9 Å². The molecule has 0 aromatic heterocycles. The molecule has 5 heteroatoms. The van der Waals surface area contributed by atoms with Crippen LogP contribution in [0.15, 0.2) is 42.5 Å². The number of nitrogens with one attached hydrogen (secondary N) is 1. The van der Waals surface area contributed by atoms with E-state index in [-0.39, 0.29) is 11.8 Å². The van der Waals surface area contributed by atoms with Crippen LogP contribution in [-0.2, 0) is 21.5 Å². The van der Waals surface area contributed by atoms with Crippen molar-refractivity contribution >= 4 is 11.9 Å². The topological polar surface area (TPSA) is 81.9 Å². The molecule has 2 aromatic rings. The number of carbonyl (C=O) groups excluding carboxylic acids is 1. The van der Waals surface area contributed by atoms with E-state index in [4.69, 9.17) is 15.0 Å². The van der Waals surface area contributed by atoms with Crippen LogP contribution in [0.5, 0.6) is 0 Å². The van der Waals surface area contributed by atoms with Gasteiger partial charge in [0.2, 0.25) is 0 Å². The smallest absolute Gasteiger partial charge is 0.309 e. The van der Waals surface area contributed by atoms with Crippen molar-refractivity contribution in [2.24, 2.45) is 0 Å². The van der Waals surface area contributed by atoms with E-state index in [1.54, 1.807) is 0 Å². The highest BCUT2D eigenvalue weighted by atomic mass is 16.4. The molecule has 0 saturated heterocycles. The van der Waals surface area contributed by atoms with Crippen LogP contribution in [0.4, 0.5) is 0 Å². The van der Waals surface area contributed by atoms with Gasteiger partial charge in [-0.1, -0.05) is 36.1 Å². The van der Waals surface area contributed by atoms with Crippen LogP contribution in [-0.4, -0.2) is 30.1 Å². The molecule has 1 unspecified atom stereocenters. The van der Waals surface area contributed by atoms with Gasteiger partial charge in [0, 0.05) is 28.1 Å². The number of benzene rings is 2. The average Bonchev–Trinajstić information content (AvgIpc) is 3.45. The highest BCUT2D eigenvalue weighted by Gasteiger charge is 2.51. The average molecular weight is 405 g/mol. The summed E-state index contributed by atoms with van der Waals surface area (Å²) in [6, 6.07) is 14.8. The quantitative estimate of drug-likeness (QED) is 0.748. The van der Waals surface area contributed by atoms with Crippen molar-refractivity contribution in [2.45, 2.75) is 45.1 Å². The summed E-state index contributed by atoms with van der Waals surface area (Å²) in [5.41, 5.74) is 6.45. The largest absolute Gasteiger partial charge is 0.550 e. The number of fused-ring (bicyclic) bond motifs is 2. The van der Waals surface area contributed by atoms with E-state index in [1.807, 2.05) is 12.1 Å². The molecule has 4 rings (SSSR count). The van der Waals surface area contributed by atoms with Crippen molar-refractivity contribution in [1.82, 2.24) is 0 Å². The molecule has 5 nitrogen and oxygen atoms in total. The monoisotopic (exact) mass is 405 g/mol. The van der Waals surface area contributed by atoms with E-state index in [9.17, 15) is 4.79 Å². The van der Waals surface area contributed by atoms with Gasteiger partial charge in [-0.15, -0.1) is 0 Å². The minimum atomic E-state index is -1.08. The predicted octanol–water partition coefficient (Wildman–Crippen LogP) is 1.06. The van der Waals surface area contributed by atoms with Crippen molar-refractivity contribution in [1.29, 1.82) is 0 Å². The number of hydrogen-bond acceptors (Lipinski definition) is 3. The van der Waals surface area contributed by atoms with E-state index in [0.29, 0.717) is 6.54 Å². The lowest BCUT2D eigenvalue weighted by Gasteiger charge is -2.32. The Labute approximate surface area is 177 Å². The summed E-state index contributed by atoms with van der Waals surface area (Å²) in [6.07, 6.45) is 2.68. The van der Waals surface area contributed by atoms with Crippen LogP contribution >= 0.6 is 0 Å². The molecule has 1 fully saturated rings. The zero-order valence-corrected chi connectivity index (χ0v) is 17.5. The number of carbonyl (C=O) groups is 2. The van der Waals surface area contributed by atoms with Gasteiger partial charge in [0.1, 0.15) is 6.54 Å². The molecule has 2 aromatic carbocycles. The number of hydrogen-bond donors (Lipinski definition) is 2. The first-order valence-corrected chi connectivity index (χ1v) is 10.2. The van der Waals surface area contributed by atoms with Gasteiger partial charge in [-0.3, -0.25) is 4.79 Å². The van der Waals surface area contributed by atoms with Crippen molar-refractivity contribution in [3.63, 3.8) is 0 Å². The van der Waals surface area contributed by atoms with Crippen LogP contribution in [0.3, 0.4) is 0 Å². The fraction of sp³-hybridized carbons (Fsp3) is 0.360. The van der Waals surface area contributed by atoms with E-state index >= 15 is 0 Å². The van der Waals surface area contributed by atoms with E-state index in [2.05, 4.69) is 49.1 Å². The summed E-state index contributed by atoms with van der Waals surface area (Å²) in [4.78, 5) is 21.2. The maximum atomic E-state index is 10.9. The molecule has 156 valence electrons. The molecule has 1 saturated carbocycles. The molecular weight excluding hydrogens is 378 g/mol. The summed E-state index contributed by atoms with van der Waals surface area (Å²) in [6.45, 7) is 5.76. The lowest BCUT2D eigenvalue weighted by Crippen LogP contribution is -3.12. The molecular formula is C25H27NO4. The molecule has 0 amide bonds. The van der Waals surface area contributed by atoms with E-state index < -0.39 is 11.9 Å². The Bertz CT molecular complexity index is 1010. The molecule has 1 aliphatic heterocycles. The molecule has 1 spiro atoms. The Morgan fingerprint density at radius 3 is 2.50 bits per heavy atom. The molecule has 1 atom stereocenters. The Morgan fingerprint density at radius 1 is 1.17 bits per heavy atom. The van der Waals surface area contributed by atoms with Crippen LogP contribution in [0.2, 0.25) is 0 Å². The molecule has 2 N–H and O–H groups in total. The van der Waals surface area contributed by atoms with Gasteiger partial charge in [-0.25, -0.2) is 0 Å². The number of aliphatic carboxylic acids is 2. The zero-order valence-electron chi connectivity index (χ0n) is 17.5. The van der Waals surface area contributed by atoms with Crippen LogP contribution in [0, 0.1) is 18.8 Å². The third kappa shape index (κ3) is 5.49. The first-order chi connectivity index (χ1) is 14.3. The van der Waals surface area contributed by atoms with Crippen LogP contribution in [0.1, 0.15) is 54.0 Å². The maximum absolute atomic E-state index is 10.9. The Morgan fingerprint density at radius 2 is 1.87 bits per heavy atom. The van der Waals surface area contributed by atoms with Gasteiger partial charge in [-0.05, 0) is 56.0 Å². The number of quaternary nitrogens is 1. The summed E-state index contributed by atoms with van der Waals surface area (Å²) in [5.74, 6) is 4.86. The van der Waals surface area contributed by atoms with Gasteiger partial charge in [0.05, 0.1) is 19.5 Å². The minimum Gasteiger partial charge on any atom is -0.550 e. The second-order valence-corrected chi connectivity index (χ2v) is 8.21. The normalized spacial score (nSPS) is 17.6. The fourth-order valence-corrected chi connectivity index (χ4v) is 4.12. The zero-order chi connectivity index (χ0) is 21.7. The third-order valence-electron chi connectivity index (χ3n) is 5.74. The number of rotatable bonds is 3. The molecule has 0 bridgehead atoms. The highest BCUT2D eigenvalue weighted by molar-refractivity contribution is 5.66. The maximum Gasteiger partial charge on any atom is 0.309 e. The predicted molar refractivity (Wildman–Crippen MR) is 112 cm³/mol. The van der Waals surface area contributed by atoms with Crippen molar-refractivity contribution in [3.8, 4) is 11.8 Å². The summed E-state index contributed by atoms with van der Waals surface area (Å²) >= 11 is 0. The van der Waals surface area contributed by atoms with Crippen molar-refractivity contribution in [3.05, 3.63) is 70.3 Å². The minimum absolute atomic E-state index is 0.251. The van der Waals surface area contributed by atoms with E-state index in [1.165, 1.54) is 34.4 Å². The van der Waals surface area contributed by atoms with Crippen molar-refractivity contribution < 1.29 is 24.7 Å². The third-order valence-corrected chi connectivity index (χ3v) is 5.74. The summed E-state index contributed by atoms with van der Waals surface area (Å²) < 4.78 is 0. The van der Waals surface area contributed by atoms with Crippen molar-refractivity contribution in [2.75, 3.05) is 13.1 Å². The lowest BCUT2D eigenvalue weighted by molar-refractivity contribution is -0.918. The SMILES string of the molecule is CC(=O)[O-].Cc1ccccc1C#Cc1ccc2c(c1)C1(CC1)C[NH+](CCC(=O)O)C2. The molecule has 30 heavy (non-hydrogen) atoms. The van der Waals surface area contributed by atoms with Crippen LogP contribution < -0.4 is 10.0 Å². The Balaban J connectivity index is 0.000000589. The molecule has 1 heterocycles.